The first-order valence-corrected chi connectivity index (χ1v) is 5.68. The first-order chi connectivity index (χ1) is 6.79. The number of aliphatic hydroxyl groups excluding tert-OH is 1. The molecule has 14 heavy (non-hydrogen) atoms. The molecule has 1 fully saturated rings. The van der Waals surface area contributed by atoms with E-state index in [0.29, 0.717) is 6.54 Å². The summed E-state index contributed by atoms with van der Waals surface area (Å²) < 4.78 is 5.18. The van der Waals surface area contributed by atoms with E-state index in [1.54, 1.807) is 18.4 Å². The molecule has 2 rings (SSSR count). The lowest BCUT2D eigenvalue weighted by Gasteiger charge is -2.13. The third kappa shape index (κ3) is 2.15. The average molecular weight is 213 g/mol. The second-order valence-electron chi connectivity index (χ2n) is 3.67. The summed E-state index contributed by atoms with van der Waals surface area (Å²) >= 11 is 1.71. The van der Waals surface area contributed by atoms with Gasteiger partial charge in [0.1, 0.15) is 0 Å². The van der Waals surface area contributed by atoms with Crippen molar-refractivity contribution in [3.8, 4) is 0 Å². The van der Waals surface area contributed by atoms with E-state index in [9.17, 15) is 5.11 Å². The Hall–Kier alpha value is -0.420. The topological polar surface area (TPSA) is 32.7 Å². The minimum atomic E-state index is -0.335. The molecule has 0 amide bonds. The fourth-order valence-corrected chi connectivity index (χ4v) is 2.49. The van der Waals surface area contributed by atoms with Crippen molar-refractivity contribution in [2.24, 2.45) is 0 Å². The van der Waals surface area contributed by atoms with E-state index in [1.807, 2.05) is 0 Å². The van der Waals surface area contributed by atoms with Crippen LogP contribution in [0.5, 0.6) is 0 Å². The molecular formula is C10H15NO2S. The maximum Gasteiger partial charge on any atom is 0.0969 e. The van der Waals surface area contributed by atoms with Gasteiger partial charge in [-0.25, -0.2) is 0 Å². The van der Waals surface area contributed by atoms with Crippen LogP contribution in [0.15, 0.2) is 16.8 Å². The Morgan fingerprint density at radius 3 is 3.07 bits per heavy atom. The average Bonchev–Trinajstić information content (AvgIpc) is 2.76. The molecule has 78 valence electrons. The van der Waals surface area contributed by atoms with Gasteiger partial charge < -0.3 is 9.84 Å². The highest BCUT2D eigenvalue weighted by Crippen LogP contribution is 2.17. The van der Waals surface area contributed by atoms with E-state index in [-0.39, 0.29) is 12.2 Å². The van der Waals surface area contributed by atoms with Gasteiger partial charge in [0.25, 0.3) is 0 Å². The highest BCUT2D eigenvalue weighted by molar-refractivity contribution is 7.07. The van der Waals surface area contributed by atoms with E-state index in [2.05, 4.69) is 21.7 Å². The van der Waals surface area contributed by atoms with Gasteiger partial charge in [-0.15, -0.1) is 0 Å². The summed E-state index contributed by atoms with van der Waals surface area (Å²) in [5.41, 5.74) is 1.32. The van der Waals surface area contributed by atoms with E-state index in [4.69, 9.17) is 4.74 Å². The van der Waals surface area contributed by atoms with Gasteiger partial charge in [0.15, 0.2) is 0 Å². The predicted molar refractivity (Wildman–Crippen MR) is 56.4 cm³/mol. The fraction of sp³-hybridized carbons (Fsp3) is 0.600. The first-order valence-electron chi connectivity index (χ1n) is 4.74. The van der Waals surface area contributed by atoms with Crippen molar-refractivity contribution in [3.63, 3.8) is 0 Å². The van der Waals surface area contributed by atoms with Crippen molar-refractivity contribution in [2.45, 2.75) is 18.8 Å². The van der Waals surface area contributed by atoms with Crippen molar-refractivity contribution in [3.05, 3.63) is 22.4 Å². The maximum atomic E-state index is 9.62. The number of aliphatic hydroxyl groups is 1. The molecule has 1 aliphatic rings. The van der Waals surface area contributed by atoms with Crippen LogP contribution in [0, 0.1) is 0 Å². The summed E-state index contributed by atoms with van der Waals surface area (Å²) in [5.74, 6) is 0. The number of likely N-dealkylation sites (tertiary alicyclic amines) is 1. The van der Waals surface area contributed by atoms with Crippen LogP contribution in [-0.2, 0) is 11.3 Å². The largest absolute Gasteiger partial charge is 0.389 e. The number of hydrogen-bond donors (Lipinski definition) is 1. The van der Waals surface area contributed by atoms with Crippen molar-refractivity contribution in [1.82, 2.24) is 4.90 Å². The van der Waals surface area contributed by atoms with Crippen LogP contribution >= 0.6 is 11.3 Å². The van der Waals surface area contributed by atoms with Gasteiger partial charge in [0.05, 0.1) is 12.2 Å². The highest BCUT2D eigenvalue weighted by atomic mass is 32.1. The quantitative estimate of drug-likeness (QED) is 0.811. The number of methoxy groups -OCH3 is 1. The van der Waals surface area contributed by atoms with Crippen LogP contribution in [0.4, 0.5) is 0 Å². The van der Waals surface area contributed by atoms with Crippen LogP contribution in [0.1, 0.15) is 5.56 Å². The minimum absolute atomic E-state index is 0.0198. The summed E-state index contributed by atoms with van der Waals surface area (Å²) in [5, 5.41) is 13.8. The lowest BCUT2D eigenvalue weighted by molar-refractivity contribution is 0.0215. The maximum absolute atomic E-state index is 9.62. The number of β-amino-alcohol motifs (C(OH)–C–C–N with tert-alkyl or cyclic N) is 1. The molecule has 1 N–H and O–H groups in total. The molecule has 0 unspecified atom stereocenters. The van der Waals surface area contributed by atoms with Crippen molar-refractivity contribution >= 4 is 11.3 Å². The lowest BCUT2D eigenvalue weighted by Crippen LogP contribution is -2.25. The predicted octanol–water partition coefficient (Wildman–Crippen LogP) is 0.940. The molecular weight excluding hydrogens is 198 g/mol. The van der Waals surface area contributed by atoms with Crippen LogP contribution in [0.25, 0.3) is 0 Å². The molecule has 2 heterocycles. The highest BCUT2D eigenvalue weighted by Gasteiger charge is 2.30. The Labute approximate surface area is 87.9 Å². The Bertz CT molecular complexity index is 276. The van der Waals surface area contributed by atoms with Gasteiger partial charge in [-0.3, -0.25) is 4.90 Å². The van der Waals surface area contributed by atoms with Crippen LogP contribution < -0.4 is 0 Å². The molecule has 0 saturated carbocycles. The van der Waals surface area contributed by atoms with Gasteiger partial charge in [0.2, 0.25) is 0 Å². The minimum Gasteiger partial charge on any atom is -0.389 e. The summed E-state index contributed by atoms with van der Waals surface area (Å²) in [4.78, 5) is 2.22. The van der Waals surface area contributed by atoms with Gasteiger partial charge >= 0.3 is 0 Å². The Morgan fingerprint density at radius 2 is 2.50 bits per heavy atom. The second-order valence-corrected chi connectivity index (χ2v) is 4.45. The van der Waals surface area contributed by atoms with Gasteiger partial charge in [0, 0.05) is 26.7 Å². The molecule has 4 heteroatoms. The molecule has 0 radical (unpaired) electrons. The van der Waals surface area contributed by atoms with Crippen molar-refractivity contribution in [2.75, 3.05) is 20.2 Å². The molecule has 2 atom stereocenters. The Kier molecular flexibility index (Phi) is 3.18. The molecule has 0 bridgehead atoms. The normalized spacial score (nSPS) is 28.4. The van der Waals surface area contributed by atoms with Crippen LogP contribution in [0.2, 0.25) is 0 Å². The van der Waals surface area contributed by atoms with Gasteiger partial charge in [-0.05, 0) is 22.4 Å². The summed E-state index contributed by atoms with van der Waals surface area (Å²) in [6.07, 6.45) is -0.354. The SMILES string of the molecule is CO[C@@H]1CN(Cc2ccsc2)C[C@H]1O. The molecule has 0 aromatic carbocycles. The fourth-order valence-electron chi connectivity index (χ4n) is 1.83. The third-order valence-corrected chi connectivity index (χ3v) is 3.33. The first kappa shape index (κ1) is 10.1. The number of thiophene rings is 1. The van der Waals surface area contributed by atoms with Crippen LogP contribution in [-0.4, -0.2) is 42.4 Å². The smallest absolute Gasteiger partial charge is 0.0969 e. The third-order valence-electron chi connectivity index (χ3n) is 2.60. The second kappa shape index (κ2) is 4.40. The number of nitrogens with zero attached hydrogens (tertiary/aromatic N) is 1. The van der Waals surface area contributed by atoms with Crippen molar-refractivity contribution in [1.29, 1.82) is 0 Å². The molecule has 1 aromatic heterocycles. The monoisotopic (exact) mass is 213 g/mol. The van der Waals surface area contributed by atoms with Crippen molar-refractivity contribution < 1.29 is 9.84 Å². The zero-order chi connectivity index (χ0) is 9.97. The van der Waals surface area contributed by atoms with E-state index in [0.717, 1.165) is 13.1 Å². The Morgan fingerprint density at radius 1 is 1.64 bits per heavy atom. The zero-order valence-corrected chi connectivity index (χ0v) is 9.04. The zero-order valence-electron chi connectivity index (χ0n) is 8.22. The van der Waals surface area contributed by atoms with E-state index >= 15 is 0 Å². The number of hydrogen-bond acceptors (Lipinski definition) is 4. The molecule has 1 aliphatic heterocycles. The summed E-state index contributed by atoms with van der Waals surface area (Å²) in [7, 11) is 1.65. The molecule has 1 saturated heterocycles. The van der Waals surface area contributed by atoms with Gasteiger partial charge in [-0.1, -0.05) is 0 Å². The lowest BCUT2D eigenvalue weighted by atomic mass is 10.3. The summed E-state index contributed by atoms with van der Waals surface area (Å²) in [6.45, 7) is 2.46. The van der Waals surface area contributed by atoms with E-state index in [1.165, 1.54) is 5.56 Å². The number of ether oxygens (including phenoxy) is 1. The molecule has 3 nitrogen and oxygen atoms in total. The standard InChI is InChI=1S/C10H15NO2S/c1-13-10-6-11(5-9(10)12)4-8-2-3-14-7-8/h2-3,7,9-10,12H,4-6H2,1H3/t9-,10-/m1/s1. The molecule has 1 aromatic rings. The molecule has 0 spiro atoms. The van der Waals surface area contributed by atoms with E-state index < -0.39 is 0 Å². The molecule has 0 aliphatic carbocycles. The number of rotatable bonds is 3. The Balaban J connectivity index is 1.89. The summed E-state index contributed by atoms with van der Waals surface area (Å²) in [6, 6.07) is 2.12. The van der Waals surface area contributed by atoms with Gasteiger partial charge in [-0.2, -0.15) is 11.3 Å². The van der Waals surface area contributed by atoms with Crippen LogP contribution in [0.3, 0.4) is 0 Å².